The fourth-order valence-corrected chi connectivity index (χ4v) is 2.91. The molecule has 0 radical (unpaired) electrons. The average molecular weight is 417 g/mol. The number of carbonyl (C=O) groups is 4. The number of halogens is 1. The van der Waals surface area contributed by atoms with E-state index in [-0.39, 0.29) is 40.8 Å². The van der Waals surface area contributed by atoms with Crippen molar-refractivity contribution in [1.29, 1.82) is 0 Å². The van der Waals surface area contributed by atoms with Gasteiger partial charge in [-0.2, -0.15) is 0 Å². The number of aromatic nitrogens is 1. The van der Waals surface area contributed by atoms with Crippen LogP contribution in [-0.2, 0) is 24.0 Å². The van der Waals surface area contributed by atoms with Crippen LogP contribution in [0.3, 0.4) is 0 Å². The first-order chi connectivity index (χ1) is 12.8. The Morgan fingerprint density at radius 1 is 1.44 bits per heavy atom. The minimum Gasteiger partial charge on any atom is -0.398 e. The molecule has 1 aliphatic rings. The van der Waals surface area contributed by atoms with Crippen molar-refractivity contribution in [3.8, 4) is 0 Å². The highest BCUT2D eigenvalue weighted by Crippen LogP contribution is 2.17. The summed E-state index contributed by atoms with van der Waals surface area (Å²) >= 11 is 6.49. The normalized spacial score (nSPS) is 18.8. The number of alkyl halides is 1. The van der Waals surface area contributed by atoms with Gasteiger partial charge in [-0.15, -0.1) is 22.9 Å². The van der Waals surface area contributed by atoms with Crippen LogP contribution in [0.2, 0.25) is 0 Å². The lowest BCUT2D eigenvalue weighted by Crippen LogP contribution is -2.72. The second-order valence-electron chi connectivity index (χ2n) is 5.35. The number of hydrogen-bond acceptors (Lipinski definition) is 8. The molecule has 2 rings (SSSR count). The molecular weight excluding hydrogens is 400 g/mol. The third-order valence-corrected chi connectivity index (χ3v) is 4.38. The standard InChI is InChI=1S/C14H17ClN6O5S/c1-6(22)16-4-7-10(12(24)17-7)20-13(25)11(21-26-2)8-5-27-14(18-8)19-9(23)3-15/h5,7,10H,3-4H2,1-2H3,(H,16,22)(H,17,24)(H,20,25)(H,18,19,23)/b21-11-. The summed E-state index contributed by atoms with van der Waals surface area (Å²) < 4.78 is 0. The maximum Gasteiger partial charge on any atom is 0.276 e. The van der Waals surface area contributed by atoms with E-state index in [9.17, 15) is 19.2 Å². The van der Waals surface area contributed by atoms with Crippen molar-refractivity contribution < 1.29 is 24.0 Å². The third-order valence-electron chi connectivity index (χ3n) is 3.38. The van der Waals surface area contributed by atoms with Gasteiger partial charge in [-0.05, 0) is 0 Å². The topological polar surface area (TPSA) is 151 Å². The van der Waals surface area contributed by atoms with Crippen molar-refractivity contribution in [1.82, 2.24) is 20.9 Å². The van der Waals surface area contributed by atoms with Gasteiger partial charge in [0.15, 0.2) is 10.8 Å². The molecule has 2 atom stereocenters. The minimum absolute atomic E-state index is 0.155. The largest absolute Gasteiger partial charge is 0.398 e. The van der Waals surface area contributed by atoms with Crippen molar-refractivity contribution in [2.75, 3.05) is 24.9 Å². The average Bonchev–Trinajstić information content (AvgIpc) is 3.08. The summed E-state index contributed by atoms with van der Waals surface area (Å²) in [6.45, 7) is 1.52. The van der Waals surface area contributed by atoms with E-state index in [4.69, 9.17) is 11.6 Å². The Balaban J connectivity index is 2.07. The number of nitrogens with one attached hydrogen (secondary N) is 4. The number of β-lactam (4-membered cyclic amide) rings is 1. The van der Waals surface area contributed by atoms with Crippen LogP contribution >= 0.6 is 22.9 Å². The Kier molecular flexibility index (Phi) is 7.07. The van der Waals surface area contributed by atoms with Gasteiger partial charge >= 0.3 is 0 Å². The van der Waals surface area contributed by atoms with Gasteiger partial charge in [-0.25, -0.2) is 4.98 Å². The first-order valence-corrected chi connectivity index (χ1v) is 9.05. The number of carbonyl (C=O) groups excluding carboxylic acids is 4. The third kappa shape index (κ3) is 5.37. The maximum atomic E-state index is 12.5. The van der Waals surface area contributed by atoms with E-state index in [1.54, 1.807) is 0 Å². The van der Waals surface area contributed by atoms with Gasteiger partial charge in [0.1, 0.15) is 24.7 Å². The molecule has 1 aromatic rings. The van der Waals surface area contributed by atoms with Gasteiger partial charge in [0, 0.05) is 18.8 Å². The van der Waals surface area contributed by atoms with Gasteiger partial charge in [0.2, 0.25) is 17.7 Å². The molecule has 11 nitrogen and oxygen atoms in total. The predicted octanol–water partition coefficient (Wildman–Crippen LogP) is -1.21. The molecule has 1 fully saturated rings. The number of anilines is 1. The zero-order valence-electron chi connectivity index (χ0n) is 14.4. The molecule has 2 unspecified atom stereocenters. The number of nitrogens with zero attached hydrogens (tertiary/aromatic N) is 2. The van der Waals surface area contributed by atoms with E-state index < -0.39 is 23.9 Å². The molecule has 1 saturated heterocycles. The molecule has 1 aliphatic heterocycles. The Hall–Kier alpha value is -2.73. The summed E-state index contributed by atoms with van der Waals surface area (Å²) in [5.74, 6) is -2.01. The molecule has 0 bridgehead atoms. The van der Waals surface area contributed by atoms with E-state index in [0.29, 0.717) is 0 Å². The molecule has 0 aliphatic carbocycles. The first-order valence-electron chi connectivity index (χ1n) is 7.64. The van der Waals surface area contributed by atoms with E-state index in [2.05, 4.69) is 36.2 Å². The fraction of sp³-hybridized carbons (Fsp3) is 0.429. The summed E-state index contributed by atoms with van der Waals surface area (Å²) in [5, 5.41) is 15.5. The summed E-state index contributed by atoms with van der Waals surface area (Å²) in [5.41, 5.74) is -0.0135. The highest BCUT2D eigenvalue weighted by molar-refractivity contribution is 7.14. The number of thiazole rings is 1. The lowest BCUT2D eigenvalue weighted by molar-refractivity contribution is -0.135. The second-order valence-corrected chi connectivity index (χ2v) is 6.47. The Morgan fingerprint density at radius 3 is 2.78 bits per heavy atom. The molecule has 4 N–H and O–H groups in total. The molecule has 4 amide bonds. The molecule has 1 aromatic heterocycles. The van der Waals surface area contributed by atoms with E-state index in [1.807, 2.05) is 0 Å². The minimum atomic E-state index is -0.833. The fourth-order valence-electron chi connectivity index (χ4n) is 2.13. The summed E-state index contributed by atoms with van der Waals surface area (Å²) in [6, 6.07) is -1.27. The van der Waals surface area contributed by atoms with Gasteiger partial charge in [0.05, 0.1) is 6.04 Å². The molecule has 0 aromatic carbocycles. The summed E-state index contributed by atoms with van der Waals surface area (Å²) in [6.07, 6.45) is 0. The molecule has 27 heavy (non-hydrogen) atoms. The SMILES string of the molecule is CO/N=C(\C(=O)NC1C(=O)NC1CNC(C)=O)c1csc(NC(=O)CCl)n1. The second kappa shape index (κ2) is 9.28. The molecule has 0 spiro atoms. The Labute approximate surface area is 162 Å². The van der Waals surface area contributed by atoms with Gasteiger partial charge in [-0.3, -0.25) is 19.2 Å². The zero-order chi connectivity index (χ0) is 20.0. The van der Waals surface area contributed by atoms with Crippen molar-refractivity contribution in [3.05, 3.63) is 11.1 Å². The summed E-state index contributed by atoms with van der Waals surface area (Å²) in [7, 11) is 1.26. The summed E-state index contributed by atoms with van der Waals surface area (Å²) in [4.78, 5) is 55.3. The van der Waals surface area contributed by atoms with Crippen LogP contribution < -0.4 is 21.3 Å². The van der Waals surface area contributed by atoms with Crippen LogP contribution in [0, 0.1) is 0 Å². The molecule has 2 heterocycles. The number of hydrogen-bond donors (Lipinski definition) is 4. The van der Waals surface area contributed by atoms with Crippen molar-refractivity contribution in [2.24, 2.45) is 5.16 Å². The van der Waals surface area contributed by atoms with E-state index in [0.717, 1.165) is 11.3 Å². The van der Waals surface area contributed by atoms with Crippen molar-refractivity contribution >= 4 is 57.4 Å². The Bertz CT molecular complexity index is 782. The molecule has 146 valence electrons. The molecule has 13 heteroatoms. The number of amides is 4. The Morgan fingerprint density at radius 2 is 2.19 bits per heavy atom. The highest BCUT2D eigenvalue weighted by Gasteiger charge is 2.41. The van der Waals surface area contributed by atoms with Crippen molar-refractivity contribution in [3.63, 3.8) is 0 Å². The maximum absolute atomic E-state index is 12.5. The number of rotatable bonds is 8. The van der Waals surface area contributed by atoms with Crippen LogP contribution in [0.5, 0.6) is 0 Å². The van der Waals surface area contributed by atoms with Crippen LogP contribution in [0.15, 0.2) is 10.5 Å². The molecule has 0 saturated carbocycles. The molecular formula is C14H17ClN6O5S. The van der Waals surface area contributed by atoms with Crippen LogP contribution in [0.1, 0.15) is 12.6 Å². The number of oxime groups is 1. The zero-order valence-corrected chi connectivity index (χ0v) is 15.9. The van der Waals surface area contributed by atoms with Gasteiger partial charge in [-0.1, -0.05) is 5.16 Å². The monoisotopic (exact) mass is 416 g/mol. The lowest BCUT2D eigenvalue weighted by atomic mass is 9.98. The predicted molar refractivity (Wildman–Crippen MR) is 97.6 cm³/mol. The van der Waals surface area contributed by atoms with Gasteiger partial charge < -0.3 is 26.1 Å². The van der Waals surface area contributed by atoms with Crippen LogP contribution in [0.25, 0.3) is 0 Å². The highest BCUT2D eigenvalue weighted by atomic mass is 35.5. The first kappa shape index (κ1) is 20.6. The smallest absolute Gasteiger partial charge is 0.276 e. The van der Waals surface area contributed by atoms with Gasteiger partial charge in [0.25, 0.3) is 5.91 Å². The van der Waals surface area contributed by atoms with E-state index in [1.165, 1.54) is 19.4 Å². The van der Waals surface area contributed by atoms with Crippen LogP contribution in [0.4, 0.5) is 5.13 Å². The lowest BCUT2D eigenvalue weighted by Gasteiger charge is -2.37. The quantitative estimate of drug-likeness (QED) is 0.181. The van der Waals surface area contributed by atoms with E-state index >= 15 is 0 Å². The van der Waals surface area contributed by atoms with Crippen LogP contribution in [-0.4, -0.2) is 65.9 Å². The van der Waals surface area contributed by atoms with Crippen molar-refractivity contribution in [2.45, 2.75) is 19.0 Å².